The number of nitrogens with zero attached hydrogens (tertiary/aromatic N) is 2. The van der Waals surface area contributed by atoms with Gasteiger partial charge in [-0.2, -0.15) is 0 Å². The van der Waals surface area contributed by atoms with Gasteiger partial charge in [-0.1, -0.05) is 12.1 Å². The maximum atomic E-state index is 11.7. The van der Waals surface area contributed by atoms with Crippen molar-refractivity contribution in [3.05, 3.63) is 48.2 Å². The Bertz CT molecular complexity index is 848. The van der Waals surface area contributed by atoms with Crippen molar-refractivity contribution in [2.45, 2.75) is 24.3 Å². The maximum absolute atomic E-state index is 11.7. The molecule has 0 atom stereocenters. The summed E-state index contributed by atoms with van der Waals surface area (Å²) in [5.41, 5.74) is 1.97. The van der Waals surface area contributed by atoms with Gasteiger partial charge in [0.05, 0.1) is 0 Å². The van der Waals surface area contributed by atoms with E-state index in [1.807, 2.05) is 24.3 Å². The molecule has 1 aliphatic rings. The summed E-state index contributed by atoms with van der Waals surface area (Å²) in [7, 11) is -2.11. The number of rotatable bonds is 6. The highest BCUT2D eigenvalue weighted by Gasteiger charge is 2.21. The third-order valence-electron chi connectivity index (χ3n) is 4.11. The first kappa shape index (κ1) is 17.4. The number of hydrogen-bond acceptors (Lipinski definition) is 5. The van der Waals surface area contributed by atoms with Gasteiger partial charge in [0.2, 0.25) is 15.9 Å². The molecular formula is C17H20N4O3S. The van der Waals surface area contributed by atoms with E-state index >= 15 is 0 Å². The van der Waals surface area contributed by atoms with Gasteiger partial charge in [0, 0.05) is 31.4 Å². The molecule has 0 spiro atoms. The van der Waals surface area contributed by atoms with Crippen LogP contribution >= 0.6 is 0 Å². The van der Waals surface area contributed by atoms with Crippen molar-refractivity contribution in [2.75, 3.05) is 23.8 Å². The minimum absolute atomic E-state index is 0.125. The average Bonchev–Trinajstić information content (AvgIpc) is 3.07. The third-order valence-corrected chi connectivity index (χ3v) is 5.51. The zero-order valence-corrected chi connectivity index (χ0v) is 14.7. The van der Waals surface area contributed by atoms with Crippen molar-refractivity contribution in [2.24, 2.45) is 0 Å². The highest BCUT2D eigenvalue weighted by atomic mass is 32.2. The lowest BCUT2D eigenvalue weighted by molar-refractivity contribution is -0.117. The van der Waals surface area contributed by atoms with Gasteiger partial charge >= 0.3 is 0 Å². The molecule has 8 heteroatoms. The number of aromatic nitrogens is 1. The number of amides is 1. The maximum Gasteiger partial charge on any atom is 0.241 e. The van der Waals surface area contributed by atoms with Gasteiger partial charge in [-0.25, -0.2) is 18.1 Å². The summed E-state index contributed by atoms with van der Waals surface area (Å²) >= 11 is 0. The summed E-state index contributed by atoms with van der Waals surface area (Å²) in [5.74, 6) is 0.764. The van der Waals surface area contributed by atoms with Crippen LogP contribution in [0, 0.1) is 0 Å². The fourth-order valence-corrected chi connectivity index (χ4v) is 3.34. The normalized spacial score (nSPS) is 14.8. The predicted octanol–water partition coefficient (Wildman–Crippen LogP) is 1.73. The molecule has 0 aliphatic carbocycles. The molecule has 7 nitrogen and oxygen atoms in total. The van der Waals surface area contributed by atoms with E-state index in [1.165, 1.54) is 19.3 Å². The first-order valence-electron chi connectivity index (χ1n) is 8.02. The highest BCUT2D eigenvalue weighted by Crippen LogP contribution is 2.22. The van der Waals surface area contributed by atoms with Gasteiger partial charge in [0.15, 0.2) is 0 Å². The largest absolute Gasteiger partial charge is 0.366 e. The van der Waals surface area contributed by atoms with Crippen molar-refractivity contribution in [3.8, 4) is 0 Å². The first-order valence-corrected chi connectivity index (χ1v) is 9.51. The average molecular weight is 360 g/mol. The van der Waals surface area contributed by atoms with E-state index in [0.717, 1.165) is 24.2 Å². The lowest BCUT2D eigenvalue weighted by Gasteiger charge is -2.16. The van der Waals surface area contributed by atoms with Crippen LogP contribution in [0.3, 0.4) is 0 Å². The fourth-order valence-electron chi connectivity index (χ4n) is 2.67. The van der Waals surface area contributed by atoms with Crippen LogP contribution in [0.1, 0.15) is 18.4 Å². The van der Waals surface area contributed by atoms with Gasteiger partial charge in [-0.3, -0.25) is 4.79 Å². The second-order valence-electron chi connectivity index (χ2n) is 5.76. The van der Waals surface area contributed by atoms with Gasteiger partial charge in [0.1, 0.15) is 10.7 Å². The molecule has 1 aliphatic heterocycles. The minimum Gasteiger partial charge on any atom is -0.366 e. The van der Waals surface area contributed by atoms with Crippen molar-refractivity contribution in [3.63, 3.8) is 0 Å². The van der Waals surface area contributed by atoms with Crippen molar-refractivity contribution in [1.29, 1.82) is 0 Å². The molecule has 1 amide bonds. The van der Waals surface area contributed by atoms with Crippen LogP contribution < -0.4 is 14.9 Å². The van der Waals surface area contributed by atoms with E-state index in [2.05, 4.69) is 15.0 Å². The lowest BCUT2D eigenvalue weighted by Crippen LogP contribution is -2.23. The molecule has 0 unspecified atom stereocenters. The molecule has 1 aromatic carbocycles. The van der Waals surface area contributed by atoms with Gasteiger partial charge in [-0.05, 0) is 43.3 Å². The Balaban J connectivity index is 1.61. The van der Waals surface area contributed by atoms with E-state index < -0.39 is 10.0 Å². The summed E-state index contributed by atoms with van der Waals surface area (Å²) in [5, 5.41) is 3.15. The van der Waals surface area contributed by atoms with Crippen LogP contribution in [0.4, 0.5) is 11.5 Å². The van der Waals surface area contributed by atoms with Crippen molar-refractivity contribution >= 4 is 27.4 Å². The molecule has 0 saturated carbocycles. The Kier molecular flexibility index (Phi) is 5.00. The number of nitrogens with one attached hydrogen (secondary N) is 2. The smallest absolute Gasteiger partial charge is 0.241 e. The topological polar surface area (TPSA) is 91.4 Å². The minimum atomic E-state index is -3.47. The number of carbonyl (C=O) groups is 1. The van der Waals surface area contributed by atoms with Crippen LogP contribution in [-0.4, -0.2) is 32.9 Å². The molecule has 132 valence electrons. The predicted molar refractivity (Wildman–Crippen MR) is 95.8 cm³/mol. The first-order chi connectivity index (χ1) is 12.0. The number of pyridine rings is 1. The Morgan fingerprint density at radius 1 is 1.16 bits per heavy atom. The molecule has 2 heterocycles. The second-order valence-corrected chi connectivity index (χ2v) is 7.64. The van der Waals surface area contributed by atoms with E-state index in [9.17, 15) is 13.2 Å². The number of anilines is 2. The molecule has 2 aromatic rings. The molecule has 25 heavy (non-hydrogen) atoms. The summed E-state index contributed by atoms with van der Waals surface area (Å²) in [6.07, 6.45) is 2.84. The molecule has 0 radical (unpaired) electrons. The Labute approximate surface area is 147 Å². The summed E-state index contributed by atoms with van der Waals surface area (Å²) in [6.45, 7) is 1.33. The third kappa shape index (κ3) is 3.97. The Morgan fingerprint density at radius 2 is 1.92 bits per heavy atom. The molecule has 1 saturated heterocycles. The van der Waals surface area contributed by atoms with Gasteiger partial charge in [-0.15, -0.1) is 0 Å². The standard InChI is InChI=1S/C17H20N4O3S/c1-18-25(23,24)15-8-9-16(20-12-15)19-11-13-4-6-14(7-5-13)21-10-2-3-17(21)22/h4-9,12,18H,2-3,10-11H2,1H3,(H,19,20). The van der Waals surface area contributed by atoms with Crippen LogP contribution in [0.5, 0.6) is 0 Å². The summed E-state index contributed by atoms with van der Waals surface area (Å²) < 4.78 is 25.6. The fraction of sp³-hybridized carbons (Fsp3) is 0.294. The molecular weight excluding hydrogens is 340 g/mol. The number of hydrogen-bond donors (Lipinski definition) is 2. The molecule has 2 N–H and O–H groups in total. The van der Waals surface area contributed by atoms with E-state index in [-0.39, 0.29) is 10.8 Å². The second kappa shape index (κ2) is 7.20. The molecule has 1 fully saturated rings. The monoisotopic (exact) mass is 360 g/mol. The zero-order valence-electron chi connectivity index (χ0n) is 13.9. The van der Waals surface area contributed by atoms with Crippen molar-refractivity contribution < 1.29 is 13.2 Å². The van der Waals surface area contributed by atoms with Crippen LogP contribution in [0.2, 0.25) is 0 Å². The summed E-state index contributed by atoms with van der Waals surface area (Å²) in [4.78, 5) is 17.8. The number of carbonyl (C=O) groups excluding carboxylic acids is 1. The molecule has 1 aromatic heterocycles. The number of benzene rings is 1. The van der Waals surface area contributed by atoms with Crippen LogP contribution in [-0.2, 0) is 21.4 Å². The Morgan fingerprint density at radius 3 is 2.48 bits per heavy atom. The highest BCUT2D eigenvalue weighted by molar-refractivity contribution is 7.89. The SMILES string of the molecule is CNS(=O)(=O)c1ccc(NCc2ccc(N3CCCC3=O)cc2)nc1. The van der Waals surface area contributed by atoms with E-state index in [4.69, 9.17) is 0 Å². The number of sulfonamides is 1. The van der Waals surface area contributed by atoms with Gasteiger partial charge in [0.25, 0.3) is 0 Å². The zero-order chi connectivity index (χ0) is 17.9. The Hall–Kier alpha value is -2.45. The molecule has 0 bridgehead atoms. The lowest BCUT2D eigenvalue weighted by atomic mass is 10.2. The van der Waals surface area contributed by atoms with E-state index in [0.29, 0.717) is 18.8 Å². The van der Waals surface area contributed by atoms with Crippen LogP contribution in [0.25, 0.3) is 0 Å². The van der Waals surface area contributed by atoms with Crippen LogP contribution in [0.15, 0.2) is 47.5 Å². The molecule has 3 rings (SSSR count). The van der Waals surface area contributed by atoms with E-state index in [1.54, 1.807) is 11.0 Å². The summed E-state index contributed by atoms with van der Waals surface area (Å²) in [6, 6.07) is 10.9. The van der Waals surface area contributed by atoms with Crippen molar-refractivity contribution in [1.82, 2.24) is 9.71 Å². The quantitative estimate of drug-likeness (QED) is 0.819. The van der Waals surface area contributed by atoms with Gasteiger partial charge < -0.3 is 10.2 Å².